The Bertz CT molecular complexity index is 1030. The fourth-order valence-corrected chi connectivity index (χ4v) is 5.61. The molecule has 0 fully saturated rings. The Morgan fingerprint density at radius 2 is 1.83 bits per heavy atom. The van der Waals surface area contributed by atoms with Crippen molar-refractivity contribution in [3.8, 4) is 6.07 Å². The minimum atomic E-state index is -0.670. The summed E-state index contributed by atoms with van der Waals surface area (Å²) in [6.45, 7) is 4.50. The number of fused-ring (bicyclic) bond motifs is 1. The SMILES string of the molecule is CC(=O)Nc1sc(C)c(C)c1C(=O)OCC(=O)Nc1sc2c(c1C#N)CCCC2. The molecule has 2 amide bonds. The molecule has 0 spiro atoms. The number of nitrogens with zero attached hydrogens (tertiary/aromatic N) is 1. The van der Waals surface area contributed by atoms with E-state index in [-0.39, 0.29) is 11.5 Å². The molecule has 3 rings (SSSR count). The highest BCUT2D eigenvalue weighted by atomic mass is 32.1. The van der Waals surface area contributed by atoms with Crippen LogP contribution in [0.5, 0.6) is 0 Å². The van der Waals surface area contributed by atoms with Crippen LogP contribution in [0.1, 0.15) is 56.6 Å². The van der Waals surface area contributed by atoms with Crippen LogP contribution in [0.4, 0.5) is 10.0 Å². The maximum atomic E-state index is 12.5. The van der Waals surface area contributed by atoms with Crippen LogP contribution in [0.15, 0.2) is 0 Å². The van der Waals surface area contributed by atoms with Gasteiger partial charge < -0.3 is 15.4 Å². The number of esters is 1. The van der Waals surface area contributed by atoms with Gasteiger partial charge in [-0.25, -0.2) is 4.79 Å². The van der Waals surface area contributed by atoms with E-state index in [4.69, 9.17) is 4.74 Å². The smallest absolute Gasteiger partial charge is 0.341 e. The standard InChI is InChI=1S/C20H21N3O4S2/c1-10-11(2)28-19(22-12(3)24)17(10)20(26)27-9-16(25)23-18-14(8-21)13-6-4-5-7-15(13)29-18/h4-7,9H2,1-3H3,(H,22,24)(H,23,25). The predicted octanol–water partition coefficient (Wildman–Crippen LogP) is 3.93. The molecule has 0 atom stereocenters. The molecule has 0 bridgehead atoms. The maximum Gasteiger partial charge on any atom is 0.341 e. The van der Waals surface area contributed by atoms with Crippen molar-refractivity contribution in [3.05, 3.63) is 32.0 Å². The van der Waals surface area contributed by atoms with Gasteiger partial charge in [-0.05, 0) is 50.7 Å². The summed E-state index contributed by atoms with van der Waals surface area (Å²) in [5.41, 5.74) is 2.52. The first-order valence-corrected chi connectivity index (χ1v) is 10.8. The van der Waals surface area contributed by atoms with Crippen LogP contribution >= 0.6 is 22.7 Å². The molecule has 2 aromatic rings. The summed E-state index contributed by atoms with van der Waals surface area (Å²) in [5.74, 6) is -1.46. The van der Waals surface area contributed by atoms with E-state index in [1.165, 1.54) is 29.6 Å². The number of carbonyl (C=O) groups is 3. The number of hydrogen-bond donors (Lipinski definition) is 2. The molecular formula is C20H21N3O4S2. The second-order valence-corrected chi connectivity index (χ2v) is 9.15. The summed E-state index contributed by atoms with van der Waals surface area (Å²) < 4.78 is 5.18. The third-order valence-electron chi connectivity index (χ3n) is 4.75. The van der Waals surface area contributed by atoms with E-state index in [9.17, 15) is 19.6 Å². The monoisotopic (exact) mass is 431 g/mol. The maximum absolute atomic E-state index is 12.5. The fourth-order valence-electron chi connectivity index (χ4n) is 3.26. The number of ether oxygens (including phenoxy) is 1. The Kier molecular flexibility index (Phi) is 6.35. The molecule has 9 heteroatoms. The van der Waals surface area contributed by atoms with E-state index in [0.717, 1.165) is 41.0 Å². The van der Waals surface area contributed by atoms with Crippen LogP contribution in [0.2, 0.25) is 0 Å². The predicted molar refractivity (Wildman–Crippen MR) is 113 cm³/mol. The van der Waals surface area contributed by atoms with Crippen LogP contribution in [-0.4, -0.2) is 24.4 Å². The normalized spacial score (nSPS) is 12.6. The number of thiophene rings is 2. The first-order valence-electron chi connectivity index (χ1n) is 9.21. The van der Waals surface area contributed by atoms with E-state index in [0.29, 0.717) is 21.1 Å². The Balaban J connectivity index is 1.68. The van der Waals surface area contributed by atoms with Gasteiger partial charge in [0.05, 0.1) is 11.1 Å². The second kappa shape index (κ2) is 8.76. The molecule has 7 nitrogen and oxygen atoms in total. The van der Waals surface area contributed by atoms with Gasteiger partial charge in [-0.1, -0.05) is 0 Å². The van der Waals surface area contributed by atoms with Crippen molar-refractivity contribution in [1.82, 2.24) is 0 Å². The third-order valence-corrected chi connectivity index (χ3v) is 7.08. The van der Waals surface area contributed by atoms with Gasteiger partial charge in [0.15, 0.2) is 6.61 Å². The van der Waals surface area contributed by atoms with Gasteiger partial charge in [0, 0.05) is 16.7 Å². The van der Waals surface area contributed by atoms with Gasteiger partial charge in [-0.15, -0.1) is 22.7 Å². The molecule has 1 aliphatic rings. The fraction of sp³-hybridized carbons (Fsp3) is 0.400. The highest BCUT2D eigenvalue weighted by molar-refractivity contribution is 7.17. The summed E-state index contributed by atoms with van der Waals surface area (Å²) in [5, 5.41) is 15.7. The van der Waals surface area contributed by atoms with Gasteiger partial charge in [-0.2, -0.15) is 5.26 Å². The molecule has 2 aromatic heterocycles. The van der Waals surface area contributed by atoms with Crippen molar-refractivity contribution in [2.75, 3.05) is 17.2 Å². The molecule has 0 saturated carbocycles. The van der Waals surface area contributed by atoms with E-state index >= 15 is 0 Å². The summed E-state index contributed by atoms with van der Waals surface area (Å²) in [4.78, 5) is 38.2. The molecule has 1 aliphatic carbocycles. The third kappa shape index (κ3) is 4.49. The lowest BCUT2D eigenvalue weighted by atomic mass is 9.96. The van der Waals surface area contributed by atoms with Crippen LogP contribution in [0.3, 0.4) is 0 Å². The van der Waals surface area contributed by atoms with E-state index in [1.54, 1.807) is 6.92 Å². The van der Waals surface area contributed by atoms with E-state index in [1.807, 2.05) is 6.92 Å². The average molecular weight is 432 g/mol. The van der Waals surface area contributed by atoms with Crippen molar-refractivity contribution >= 4 is 50.5 Å². The number of nitriles is 1. The Morgan fingerprint density at radius 1 is 1.10 bits per heavy atom. The number of amides is 2. The zero-order valence-electron chi connectivity index (χ0n) is 16.4. The topological polar surface area (TPSA) is 108 Å². The molecule has 0 aliphatic heterocycles. The molecule has 29 heavy (non-hydrogen) atoms. The van der Waals surface area contributed by atoms with Crippen LogP contribution in [-0.2, 0) is 27.2 Å². The van der Waals surface area contributed by atoms with Crippen molar-refractivity contribution < 1.29 is 19.1 Å². The molecule has 152 valence electrons. The Labute approximate surface area is 176 Å². The number of hydrogen-bond acceptors (Lipinski definition) is 7. The molecule has 2 N–H and O–H groups in total. The zero-order valence-corrected chi connectivity index (χ0v) is 18.1. The summed E-state index contributed by atoms with van der Waals surface area (Å²) in [7, 11) is 0. The van der Waals surface area contributed by atoms with Gasteiger partial charge in [0.2, 0.25) is 5.91 Å². The van der Waals surface area contributed by atoms with Crippen LogP contribution in [0, 0.1) is 25.2 Å². The average Bonchev–Trinajstić information content (AvgIpc) is 3.15. The molecule has 0 unspecified atom stereocenters. The summed E-state index contributed by atoms with van der Waals surface area (Å²) >= 11 is 2.71. The van der Waals surface area contributed by atoms with E-state index in [2.05, 4.69) is 16.7 Å². The lowest BCUT2D eigenvalue weighted by molar-refractivity contribution is -0.119. The molecule has 0 saturated heterocycles. The Hall–Kier alpha value is -2.70. The van der Waals surface area contributed by atoms with Crippen molar-refractivity contribution in [2.24, 2.45) is 0 Å². The molecular weight excluding hydrogens is 410 g/mol. The minimum Gasteiger partial charge on any atom is -0.452 e. The van der Waals surface area contributed by atoms with E-state index < -0.39 is 18.5 Å². The van der Waals surface area contributed by atoms with Crippen molar-refractivity contribution in [3.63, 3.8) is 0 Å². The zero-order chi connectivity index (χ0) is 21.1. The van der Waals surface area contributed by atoms with Gasteiger partial charge in [-0.3, -0.25) is 9.59 Å². The molecule has 2 heterocycles. The number of anilines is 2. The lowest BCUT2D eigenvalue weighted by Gasteiger charge is -2.09. The lowest BCUT2D eigenvalue weighted by Crippen LogP contribution is -2.21. The van der Waals surface area contributed by atoms with Crippen molar-refractivity contribution in [2.45, 2.75) is 46.5 Å². The number of aryl methyl sites for hydroxylation is 2. The van der Waals surface area contributed by atoms with Gasteiger partial charge in [0.25, 0.3) is 5.91 Å². The van der Waals surface area contributed by atoms with Gasteiger partial charge in [0.1, 0.15) is 16.1 Å². The summed E-state index contributed by atoms with van der Waals surface area (Å²) in [6.07, 6.45) is 3.89. The molecule has 0 radical (unpaired) electrons. The number of nitrogens with one attached hydrogen (secondary N) is 2. The number of rotatable bonds is 5. The second-order valence-electron chi connectivity index (χ2n) is 6.82. The first kappa shape index (κ1) is 21.0. The summed E-state index contributed by atoms with van der Waals surface area (Å²) in [6, 6.07) is 2.18. The van der Waals surface area contributed by atoms with Gasteiger partial charge >= 0.3 is 5.97 Å². The quantitative estimate of drug-likeness (QED) is 0.697. The highest BCUT2D eigenvalue weighted by Crippen LogP contribution is 2.37. The first-order chi connectivity index (χ1) is 13.8. The molecule has 0 aromatic carbocycles. The van der Waals surface area contributed by atoms with Crippen molar-refractivity contribution in [1.29, 1.82) is 5.26 Å². The highest BCUT2D eigenvalue weighted by Gasteiger charge is 2.24. The largest absolute Gasteiger partial charge is 0.452 e. The van der Waals surface area contributed by atoms with Crippen LogP contribution < -0.4 is 10.6 Å². The van der Waals surface area contributed by atoms with Crippen LogP contribution in [0.25, 0.3) is 0 Å². The minimum absolute atomic E-state index is 0.264. The number of carbonyl (C=O) groups excluding carboxylic acids is 3. The Morgan fingerprint density at radius 3 is 2.52 bits per heavy atom.